The normalized spacial score (nSPS) is 10.5. The van der Waals surface area contributed by atoms with Crippen molar-refractivity contribution in [3.8, 4) is 5.69 Å². The number of amides is 1. The molecule has 0 saturated carbocycles. The Morgan fingerprint density at radius 3 is 2.74 bits per heavy atom. The molecule has 1 aromatic carbocycles. The fraction of sp³-hybridized carbons (Fsp3) is 0.167. The van der Waals surface area contributed by atoms with Crippen molar-refractivity contribution in [3.05, 3.63) is 46.4 Å². The quantitative estimate of drug-likeness (QED) is 0.894. The average molecular weight is 328 g/mol. The monoisotopic (exact) mass is 327 g/mol. The van der Waals surface area contributed by atoms with Crippen LogP contribution in [0.15, 0.2) is 34.9 Å². The zero-order valence-corrected chi connectivity index (χ0v) is 11.4. The van der Waals surface area contributed by atoms with Gasteiger partial charge in [0.2, 0.25) is 0 Å². The van der Waals surface area contributed by atoms with Crippen LogP contribution in [0.1, 0.15) is 10.5 Å². The number of carbonyl (C=O) groups is 1. The molecule has 7 heteroatoms. The van der Waals surface area contributed by atoms with Gasteiger partial charge >= 0.3 is 0 Å². The summed E-state index contributed by atoms with van der Waals surface area (Å²) in [6.45, 7) is 0.0245. The number of rotatable bonds is 4. The first-order valence-electron chi connectivity index (χ1n) is 5.52. The molecular weight excluding hydrogens is 317 g/mol. The Balaban J connectivity index is 2.25. The fourth-order valence-corrected chi connectivity index (χ4v) is 1.94. The Kier molecular flexibility index (Phi) is 4.28. The number of hydrogen-bond donors (Lipinski definition) is 2. The van der Waals surface area contributed by atoms with Gasteiger partial charge in [0, 0.05) is 12.7 Å². The van der Waals surface area contributed by atoms with Crippen molar-refractivity contribution in [1.82, 2.24) is 15.1 Å². The number of nitrogens with one attached hydrogen (secondary N) is 1. The molecule has 0 bridgehead atoms. The standard InChI is InChI=1S/C12H11BrFN3O2/c13-10-7-17(9-3-1-8(14)2-4-9)16-11(10)12(19)15-5-6-18/h1-4,7,18H,5-6H2,(H,15,19). The van der Waals surface area contributed by atoms with E-state index in [0.717, 1.165) is 0 Å². The lowest BCUT2D eigenvalue weighted by atomic mass is 10.3. The highest BCUT2D eigenvalue weighted by Crippen LogP contribution is 2.18. The number of nitrogens with zero attached hydrogens (tertiary/aromatic N) is 2. The van der Waals surface area contributed by atoms with Gasteiger partial charge in [-0.1, -0.05) is 0 Å². The van der Waals surface area contributed by atoms with E-state index in [2.05, 4.69) is 26.3 Å². The molecule has 0 aliphatic rings. The number of hydrogen-bond acceptors (Lipinski definition) is 3. The van der Waals surface area contributed by atoms with Crippen LogP contribution in [-0.4, -0.2) is 33.9 Å². The summed E-state index contributed by atoms with van der Waals surface area (Å²) in [5.74, 6) is -0.724. The van der Waals surface area contributed by atoms with E-state index in [9.17, 15) is 9.18 Å². The summed E-state index contributed by atoms with van der Waals surface area (Å²) in [4.78, 5) is 11.7. The Morgan fingerprint density at radius 1 is 1.42 bits per heavy atom. The Labute approximate surface area is 117 Å². The molecule has 0 atom stereocenters. The topological polar surface area (TPSA) is 67.2 Å². The zero-order chi connectivity index (χ0) is 13.8. The smallest absolute Gasteiger partial charge is 0.273 e. The van der Waals surface area contributed by atoms with Crippen molar-refractivity contribution < 1.29 is 14.3 Å². The van der Waals surface area contributed by atoms with Gasteiger partial charge in [-0.15, -0.1) is 0 Å². The van der Waals surface area contributed by atoms with Crippen LogP contribution >= 0.6 is 15.9 Å². The molecule has 0 saturated heterocycles. The SMILES string of the molecule is O=C(NCCO)c1nn(-c2ccc(F)cc2)cc1Br. The fourth-order valence-electron chi connectivity index (χ4n) is 1.49. The molecule has 2 rings (SSSR count). The molecule has 19 heavy (non-hydrogen) atoms. The summed E-state index contributed by atoms with van der Waals surface area (Å²) in [5.41, 5.74) is 0.848. The van der Waals surface area contributed by atoms with Gasteiger partial charge in [-0.05, 0) is 40.2 Å². The van der Waals surface area contributed by atoms with Crippen molar-refractivity contribution in [2.24, 2.45) is 0 Å². The van der Waals surface area contributed by atoms with E-state index < -0.39 is 0 Å². The van der Waals surface area contributed by atoms with Crippen LogP contribution in [0.3, 0.4) is 0 Å². The number of halogens is 2. The van der Waals surface area contributed by atoms with Crippen LogP contribution in [0.4, 0.5) is 4.39 Å². The van der Waals surface area contributed by atoms with Gasteiger partial charge in [-0.2, -0.15) is 5.10 Å². The summed E-state index contributed by atoms with van der Waals surface area (Å²) in [6.07, 6.45) is 1.61. The van der Waals surface area contributed by atoms with Gasteiger partial charge in [-0.25, -0.2) is 9.07 Å². The minimum absolute atomic E-state index is 0.137. The predicted molar refractivity (Wildman–Crippen MR) is 70.6 cm³/mol. The predicted octanol–water partition coefficient (Wildman–Crippen LogP) is 1.50. The summed E-state index contributed by atoms with van der Waals surface area (Å²) in [5, 5.41) is 15.3. The van der Waals surface area contributed by atoms with E-state index in [-0.39, 0.29) is 30.6 Å². The second kappa shape index (κ2) is 5.94. The number of aliphatic hydroxyl groups excluding tert-OH is 1. The number of benzene rings is 1. The Morgan fingerprint density at radius 2 is 2.11 bits per heavy atom. The van der Waals surface area contributed by atoms with Gasteiger partial charge in [0.25, 0.3) is 5.91 Å². The molecule has 100 valence electrons. The van der Waals surface area contributed by atoms with E-state index in [1.54, 1.807) is 18.3 Å². The first kappa shape index (κ1) is 13.7. The molecule has 5 nitrogen and oxygen atoms in total. The van der Waals surface area contributed by atoms with Crippen LogP contribution in [-0.2, 0) is 0 Å². The number of aliphatic hydroxyl groups is 1. The second-order valence-corrected chi connectivity index (χ2v) is 4.58. The highest BCUT2D eigenvalue weighted by Gasteiger charge is 2.15. The third-order valence-electron chi connectivity index (χ3n) is 2.37. The van der Waals surface area contributed by atoms with Gasteiger partial charge < -0.3 is 10.4 Å². The van der Waals surface area contributed by atoms with Crippen LogP contribution in [0.5, 0.6) is 0 Å². The second-order valence-electron chi connectivity index (χ2n) is 3.73. The van der Waals surface area contributed by atoms with Crippen molar-refractivity contribution in [2.75, 3.05) is 13.2 Å². The summed E-state index contributed by atoms with van der Waals surface area (Å²) in [7, 11) is 0. The molecule has 1 heterocycles. The maximum Gasteiger partial charge on any atom is 0.273 e. The zero-order valence-electron chi connectivity index (χ0n) is 9.81. The maximum absolute atomic E-state index is 12.8. The van der Waals surface area contributed by atoms with Gasteiger partial charge in [0.05, 0.1) is 16.8 Å². The van der Waals surface area contributed by atoms with E-state index in [1.165, 1.54) is 16.8 Å². The Hall–Kier alpha value is -1.73. The Bertz CT molecular complexity index is 583. The van der Waals surface area contributed by atoms with Crippen molar-refractivity contribution in [1.29, 1.82) is 0 Å². The lowest BCUT2D eigenvalue weighted by Crippen LogP contribution is -2.27. The molecule has 2 aromatic rings. The molecule has 0 radical (unpaired) electrons. The van der Waals surface area contributed by atoms with Gasteiger partial charge in [-0.3, -0.25) is 4.79 Å². The number of aromatic nitrogens is 2. The van der Waals surface area contributed by atoms with E-state index in [0.29, 0.717) is 10.2 Å². The van der Waals surface area contributed by atoms with Crippen molar-refractivity contribution in [3.63, 3.8) is 0 Å². The lowest BCUT2D eigenvalue weighted by Gasteiger charge is -2.01. The van der Waals surface area contributed by atoms with Crippen LogP contribution < -0.4 is 5.32 Å². The minimum atomic E-state index is -0.387. The summed E-state index contributed by atoms with van der Waals surface area (Å²) < 4.78 is 14.8. The molecule has 0 spiro atoms. The molecule has 1 aromatic heterocycles. The third-order valence-corrected chi connectivity index (χ3v) is 2.95. The van der Waals surface area contributed by atoms with Crippen molar-refractivity contribution in [2.45, 2.75) is 0 Å². The molecule has 0 aliphatic heterocycles. The van der Waals surface area contributed by atoms with Gasteiger partial charge in [0.1, 0.15) is 5.82 Å². The summed E-state index contributed by atoms with van der Waals surface area (Å²) >= 11 is 3.24. The first-order chi connectivity index (χ1) is 9.11. The third kappa shape index (κ3) is 3.18. The number of carbonyl (C=O) groups excluding carboxylic acids is 1. The van der Waals surface area contributed by atoms with Crippen molar-refractivity contribution >= 4 is 21.8 Å². The maximum atomic E-state index is 12.8. The van der Waals surface area contributed by atoms with Gasteiger partial charge in [0.15, 0.2) is 5.69 Å². The molecule has 2 N–H and O–H groups in total. The van der Waals surface area contributed by atoms with E-state index >= 15 is 0 Å². The molecule has 1 amide bonds. The highest BCUT2D eigenvalue weighted by molar-refractivity contribution is 9.10. The summed E-state index contributed by atoms with van der Waals surface area (Å²) in [6, 6.07) is 5.75. The molecule has 0 unspecified atom stereocenters. The molecular formula is C12H11BrFN3O2. The molecule has 0 fully saturated rings. The largest absolute Gasteiger partial charge is 0.395 e. The molecule has 0 aliphatic carbocycles. The van der Waals surface area contributed by atoms with E-state index in [4.69, 9.17) is 5.11 Å². The lowest BCUT2D eigenvalue weighted by molar-refractivity contribution is 0.0938. The average Bonchev–Trinajstić information content (AvgIpc) is 2.79. The van der Waals surface area contributed by atoms with Crippen LogP contribution in [0.25, 0.3) is 5.69 Å². The first-order valence-corrected chi connectivity index (χ1v) is 6.31. The van der Waals surface area contributed by atoms with E-state index in [1.807, 2.05) is 0 Å². The van der Waals surface area contributed by atoms with Crippen LogP contribution in [0, 0.1) is 5.82 Å². The van der Waals surface area contributed by atoms with Crippen LogP contribution in [0.2, 0.25) is 0 Å². The minimum Gasteiger partial charge on any atom is -0.395 e. The highest BCUT2D eigenvalue weighted by atomic mass is 79.9.